The molecule has 1 heterocycles. The molecule has 3 N–H and O–H groups in total. The summed E-state index contributed by atoms with van der Waals surface area (Å²) in [6.07, 6.45) is 1.14. The molecule has 0 aliphatic carbocycles. The van der Waals surface area contributed by atoms with E-state index in [9.17, 15) is 9.18 Å². The number of benzene rings is 2. The number of hydrogen-bond acceptors (Lipinski definition) is 2. The lowest BCUT2D eigenvalue weighted by Crippen LogP contribution is -2.38. The lowest BCUT2D eigenvalue weighted by Gasteiger charge is -2.24. The van der Waals surface area contributed by atoms with Gasteiger partial charge in [0.1, 0.15) is 5.82 Å². The third kappa shape index (κ3) is 6.19. The van der Waals surface area contributed by atoms with Crippen LogP contribution in [0.25, 0.3) is 0 Å². The Hall–Kier alpha value is -2.16. The Kier molecular flexibility index (Phi) is 8.69. The lowest BCUT2D eigenvalue weighted by molar-refractivity contribution is -0.116. The Morgan fingerprint density at radius 1 is 1.21 bits per heavy atom. The van der Waals surface area contributed by atoms with Gasteiger partial charge in [0.05, 0.1) is 6.54 Å². The van der Waals surface area contributed by atoms with E-state index in [1.165, 1.54) is 6.07 Å². The molecule has 0 radical (unpaired) electrons. The summed E-state index contributed by atoms with van der Waals surface area (Å²) in [5, 5.41) is 9.41. The van der Waals surface area contributed by atoms with Gasteiger partial charge in [-0.3, -0.25) is 9.79 Å². The van der Waals surface area contributed by atoms with Crippen molar-refractivity contribution in [2.45, 2.75) is 25.7 Å². The van der Waals surface area contributed by atoms with Gasteiger partial charge in [-0.15, -0.1) is 24.0 Å². The maximum Gasteiger partial charge on any atom is 0.225 e. The fourth-order valence-corrected chi connectivity index (χ4v) is 3.23. The highest BCUT2D eigenvalue weighted by atomic mass is 127. The first kappa shape index (κ1) is 22.1. The number of carbonyl (C=O) groups is 1. The molecule has 1 amide bonds. The average molecular weight is 496 g/mol. The first-order chi connectivity index (χ1) is 13.2. The third-order valence-corrected chi connectivity index (χ3v) is 4.52. The van der Waals surface area contributed by atoms with Gasteiger partial charge in [0, 0.05) is 31.1 Å². The number of fused-ring (bicyclic) bond motifs is 1. The first-order valence-electron chi connectivity index (χ1n) is 9.31. The van der Waals surface area contributed by atoms with Crippen molar-refractivity contribution in [3.05, 3.63) is 65.5 Å². The Morgan fingerprint density at radius 2 is 2.04 bits per heavy atom. The number of halogens is 2. The summed E-state index contributed by atoms with van der Waals surface area (Å²) in [6.45, 7) is 3.93. The molecule has 2 aromatic carbocycles. The number of anilines is 1. The smallest absolute Gasteiger partial charge is 0.225 e. The van der Waals surface area contributed by atoms with Gasteiger partial charge in [0.15, 0.2) is 5.96 Å². The van der Waals surface area contributed by atoms with Crippen LogP contribution in [0.3, 0.4) is 0 Å². The number of carbonyl (C=O) groups excluding carboxylic acids is 1. The van der Waals surface area contributed by atoms with Gasteiger partial charge in [-0.05, 0) is 42.7 Å². The van der Waals surface area contributed by atoms with Crippen LogP contribution < -0.4 is 16.0 Å². The molecule has 7 heteroatoms. The Bertz CT molecular complexity index is 828. The van der Waals surface area contributed by atoms with Gasteiger partial charge < -0.3 is 16.0 Å². The van der Waals surface area contributed by atoms with Crippen LogP contribution in [0.15, 0.2) is 53.5 Å². The molecule has 1 aliphatic rings. The lowest BCUT2D eigenvalue weighted by atomic mass is 9.91. The second-order valence-corrected chi connectivity index (χ2v) is 6.56. The minimum atomic E-state index is -0.220. The highest BCUT2D eigenvalue weighted by Gasteiger charge is 2.24. The molecule has 150 valence electrons. The van der Waals surface area contributed by atoms with E-state index in [4.69, 9.17) is 0 Å². The molecule has 0 aromatic heterocycles. The van der Waals surface area contributed by atoms with Gasteiger partial charge in [-0.1, -0.05) is 30.3 Å². The number of amides is 1. The van der Waals surface area contributed by atoms with Crippen molar-refractivity contribution in [1.29, 1.82) is 0 Å². The number of aliphatic imine (C=N–C) groups is 1. The molecule has 2 aromatic rings. The van der Waals surface area contributed by atoms with E-state index in [0.717, 1.165) is 23.4 Å². The van der Waals surface area contributed by atoms with Crippen molar-refractivity contribution in [1.82, 2.24) is 10.6 Å². The molecule has 0 spiro atoms. The molecule has 0 bridgehead atoms. The second-order valence-electron chi connectivity index (χ2n) is 6.56. The maximum absolute atomic E-state index is 13.3. The number of hydrogen-bond donors (Lipinski definition) is 3. The molecule has 1 unspecified atom stereocenters. The van der Waals surface area contributed by atoms with Crippen LogP contribution in [0.1, 0.15) is 30.4 Å². The molecule has 28 heavy (non-hydrogen) atoms. The normalized spacial score (nSPS) is 15.9. The van der Waals surface area contributed by atoms with Crippen LogP contribution in [-0.4, -0.2) is 31.5 Å². The van der Waals surface area contributed by atoms with Gasteiger partial charge in [-0.2, -0.15) is 0 Å². The van der Waals surface area contributed by atoms with Crippen LogP contribution in [0, 0.1) is 5.82 Å². The molecular formula is C21H26FIN4O. The number of nitrogens with zero attached hydrogens (tertiary/aromatic N) is 1. The number of para-hydroxylation sites is 1. The van der Waals surface area contributed by atoms with Gasteiger partial charge in [0.25, 0.3) is 0 Å². The van der Waals surface area contributed by atoms with Crippen molar-refractivity contribution in [3.63, 3.8) is 0 Å². The number of rotatable bonds is 6. The van der Waals surface area contributed by atoms with Crippen LogP contribution >= 0.6 is 24.0 Å². The number of nitrogens with one attached hydrogen (secondary N) is 3. The summed E-state index contributed by atoms with van der Waals surface area (Å²) in [4.78, 5) is 16.6. The van der Waals surface area contributed by atoms with Crippen molar-refractivity contribution >= 4 is 41.5 Å². The zero-order chi connectivity index (χ0) is 19.1. The molecule has 5 nitrogen and oxygen atoms in total. The Balaban J connectivity index is 0.00000280. The van der Waals surface area contributed by atoms with Gasteiger partial charge in [0.2, 0.25) is 5.91 Å². The van der Waals surface area contributed by atoms with Crippen molar-refractivity contribution < 1.29 is 9.18 Å². The van der Waals surface area contributed by atoms with Crippen LogP contribution in [-0.2, 0) is 11.2 Å². The summed E-state index contributed by atoms with van der Waals surface area (Å²) in [6, 6.07) is 14.5. The monoisotopic (exact) mass is 496 g/mol. The summed E-state index contributed by atoms with van der Waals surface area (Å²) in [7, 11) is 0. The quantitative estimate of drug-likeness (QED) is 0.325. The minimum Gasteiger partial charge on any atom is -0.357 e. The highest BCUT2D eigenvalue weighted by Crippen LogP contribution is 2.31. The third-order valence-electron chi connectivity index (χ3n) is 4.52. The predicted molar refractivity (Wildman–Crippen MR) is 122 cm³/mol. The van der Waals surface area contributed by atoms with Crippen molar-refractivity contribution in [3.8, 4) is 0 Å². The summed E-state index contributed by atoms with van der Waals surface area (Å²) >= 11 is 0. The van der Waals surface area contributed by atoms with E-state index >= 15 is 0 Å². The molecule has 3 rings (SSSR count). The highest BCUT2D eigenvalue weighted by molar-refractivity contribution is 14.0. The number of guanidine groups is 1. The average Bonchev–Trinajstić information content (AvgIpc) is 2.66. The second kappa shape index (κ2) is 11.0. The van der Waals surface area contributed by atoms with Crippen molar-refractivity contribution in [2.75, 3.05) is 25.0 Å². The van der Waals surface area contributed by atoms with Crippen LogP contribution in [0.5, 0.6) is 0 Å². The van der Waals surface area contributed by atoms with E-state index in [1.54, 1.807) is 12.1 Å². The summed E-state index contributed by atoms with van der Waals surface area (Å²) < 4.78 is 13.3. The zero-order valence-electron chi connectivity index (χ0n) is 15.9. The van der Waals surface area contributed by atoms with Gasteiger partial charge in [-0.25, -0.2) is 4.39 Å². The standard InChI is InChI=1S/C21H25FN4O.HI/c1-2-23-21(24-11-10-15-6-5-7-17(22)12-15)25-14-16-13-20(27)26-19-9-4-3-8-18(16)19;/h3-9,12,16H,2,10-11,13-14H2,1H3,(H,26,27)(H2,23,24,25);1H. The molecule has 0 saturated carbocycles. The predicted octanol–water partition coefficient (Wildman–Crippen LogP) is 3.67. The topological polar surface area (TPSA) is 65.5 Å². The van der Waals surface area contributed by atoms with Gasteiger partial charge >= 0.3 is 0 Å². The first-order valence-corrected chi connectivity index (χ1v) is 9.31. The van der Waals surface area contributed by atoms with E-state index in [2.05, 4.69) is 20.9 Å². The fraction of sp³-hybridized carbons (Fsp3) is 0.333. The van der Waals surface area contributed by atoms with E-state index in [1.807, 2.05) is 37.3 Å². The molecular weight excluding hydrogens is 470 g/mol. The van der Waals surface area contributed by atoms with Crippen LogP contribution in [0.4, 0.5) is 10.1 Å². The maximum atomic E-state index is 13.3. The summed E-state index contributed by atoms with van der Waals surface area (Å²) in [5.41, 5.74) is 2.94. The minimum absolute atomic E-state index is 0. The zero-order valence-corrected chi connectivity index (χ0v) is 18.2. The van der Waals surface area contributed by atoms with E-state index < -0.39 is 0 Å². The fourth-order valence-electron chi connectivity index (χ4n) is 3.23. The molecule has 0 fully saturated rings. The Morgan fingerprint density at radius 3 is 2.82 bits per heavy atom. The largest absolute Gasteiger partial charge is 0.357 e. The SMILES string of the molecule is CCNC(=NCC1CC(=O)Nc2ccccc21)NCCc1cccc(F)c1.I. The molecule has 1 atom stereocenters. The summed E-state index contributed by atoms with van der Waals surface area (Å²) in [5.74, 6) is 0.575. The van der Waals surface area contributed by atoms with E-state index in [-0.39, 0.29) is 41.6 Å². The molecule has 0 saturated heterocycles. The van der Waals surface area contributed by atoms with Crippen LogP contribution in [0.2, 0.25) is 0 Å². The van der Waals surface area contributed by atoms with E-state index in [0.29, 0.717) is 31.9 Å². The Labute approximate surface area is 182 Å². The van der Waals surface area contributed by atoms with Crippen molar-refractivity contribution in [2.24, 2.45) is 4.99 Å². The molecule has 1 aliphatic heterocycles.